The van der Waals surface area contributed by atoms with Crippen molar-refractivity contribution in [2.75, 3.05) is 5.32 Å². The lowest BCUT2D eigenvalue weighted by atomic mass is 10.1. The van der Waals surface area contributed by atoms with Crippen LogP contribution in [0.1, 0.15) is 23.9 Å². The summed E-state index contributed by atoms with van der Waals surface area (Å²) in [7, 11) is 0. The molecule has 0 fully saturated rings. The van der Waals surface area contributed by atoms with Gasteiger partial charge in [-0.15, -0.1) is 0 Å². The zero-order valence-corrected chi connectivity index (χ0v) is 16.3. The van der Waals surface area contributed by atoms with Crippen molar-refractivity contribution in [3.8, 4) is 5.82 Å². The number of rotatable bonds is 7. The fourth-order valence-electron chi connectivity index (χ4n) is 2.79. The maximum atomic E-state index is 12.4. The van der Waals surface area contributed by atoms with Crippen LogP contribution < -0.4 is 11.1 Å². The molecule has 0 radical (unpaired) electrons. The van der Waals surface area contributed by atoms with Crippen LogP contribution in [0.15, 0.2) is 54.7 Å². The number of aromatic nitrogens is 3. The Labute approximate surface area is 164 Å². The number of anilines is 1. The second-order valence-corrected chi connectivity index (χ2v) is 6.76. The molecule has 0 spiro atoms. The van der Waals surface area contributed by atoms with E-state index in [1.165, 1.54) is 0 Å². The molecule has 0 aliphatic rings. The summed E-state index contributed by atoms with van der Waals surface area (Å²) in [6, 6.07) is 14.5. The number of pyridine rings is 1. The molecule has 3 aromatic rings. The number of hydrogen-bond donors (Lipinski definition) is 2. The largest absolute Gasteiger partial charge is 0.372 e. The molecule has 0 saturated carbocycles. The van der Waals surface area contributed by atoms with Gasteiger partial charge in [0.05, 0.1) is 30.3 Å². The molecule has 7 heteroatoms. The van der Waals surface area contributed by atoms with Crippen LogP contribution in [-0.4, -0.2) is 32.8 Å². The Hall–Kier alpha value is -3.03. The molecule has 28 heavy (non-hydrogen) atoms. The molecule has 1 amide bonds. The third-order valence-corrected chi connectivity index (χ3v) is 4.41. The van der Waals surface area contributed by atoms with Crippen molar-refractivity contribution in [1.29, 1.82) is 0 Å². The highest BCUT2D eigenvalue weighted by molar-refractivity contribution is 5.95. The fourth-order valence-corrected chi connectivity index (χ4v) is 2.79. The number of carbonyl (C=O) groups is 1. The molecule has 3 rings (SSSR count). The summed E-state index contributed by atoms with van der Waals surface area (Å²) in [5.74, 6) is 0.369. The summed E-state index contributed by atoms with van der Waals surface area (Å²) >= 11 is 0. The van der Waals surface area contributed by atoms with Crippen LogP contribution in [0.2, 0.25) is 0 Å². The molecule has 7 nitrogen and oxygen atoms in total. The second-order valence-electron chi connectivity index (χ2n) is 6.76. The molecule has 0 aliphatic heterocycles. The van der Waals surface area contributed by atoms with E-state index in [4.69, 9.17) is 10.5 Å². The van der Waals surface area contributed by atoms with E-state index in [1.807, 2.05) is 50.2 Å². The standard InChI is InChI=1S/C21H25N5O2/c1-14-11-15(2)26(25-14)19-10-9-18(12-23-19)24-21(27)20(22)16(3)28-13-17-7-5-4-6-8-17/h4-12,16,20H,13,22H2,1-3H3,(H,24,27)/t16-,20+/m0/s1. The number of carbonyl (C=O) groups excluding carboxylic acids is 1. The molecule has 146 valence electrons. The van der Waals surface area contributed by atoms with E-state index in [-0.39, 0.29) is 5.91 Å². The molecular weight excluding hydrogens is 354 g/mol. The smallest absolute Gasteiger partial charge is 0.244 e. The van der Waals surface area contributed by atoms with Crippen LogP contribution >= 0.6 is 0 Å². The van der Waals surface area contributed by atoms with E-state index >= 15 is 0 Å². The summed E-state index contributed by atoms with van der Waals surface area (Å²) < 4.78 is 7.48. The van der Waals surface area contributed by atoms with Crippen molar-refractivity contribution >= 4 is 11.6 Å². The lowest BCUT2D eigenvalue weighted by molar-refractivity contribution is -0.120. The number of hydrogen-bond acceptors (Lipinski definition) is 5. The Balaban J connectivity index is 1.56. The quantitative estimate of drug-likeness (QED) is 0.658. The minimum absolute atomic E-state index is 0.318. The highest BCUT2D eigenvalue weighted by Crippen LogP contribution is 2.13. The second kappa shape index (κ2) is 8.77. The molecule has 3 N–H and O–H groups in total. The molecule has 2 atom stereocenters. The molecule has 1 aromatic carbocycles. The topological polar surface area (TPSA) is 95.1 Å². The van der Waals surface area contributed by atoms with Gasteiger partial charge in [-0.3, -0.25) is 4.79 Å². The number of nitrogens with one attached hydrogen (secondary N) is 1. The number of nitrogens with zero attached hydrogens (tertiary/aromatic N) is 3. The summed E-state index contributed by atoms with van der Waals surface area (Å²) in [5, 5.41) is 7.18. The number of aryl methyl sites for hydroxylation is 2. The van der Waals surface area contributed by atoms with Gasteiger partial charge in [-0.25, -0.2) is 9.67 Å². The van der Waals surface area contributed by atoms with Crippen LogP contribution in [0.4, 0.5) is 5.69 Å². The number of amides is 1. The summed E-state index contributed by atoms with van der Waals surface area (Å²) in [6.45, 7) is 6.09. The maximum Gasteiger partial charge on any atom is 0.244 e. The highest BCUT2D eigenvalue weighted by atomic mass is 16.5. The molecular formula is C21H25N5O2. The van der Waals surface area contributed by atoms with Crippen molar-refractivity contribution in [1.82, 2.24) is 14.8 Å². The van der Waals surface area contributed by atoms with Gasteiger partial charge in [0.25, 0.3) is 0 Å². The first kappa shape index (κ1) is 19.7. The summed E-state index contributed by atoms with van der Waals surface area (Å²) in [5.41, 5.74) is 9.57. The van der Waals surface area contributed by atoms with Gasteiger partial charge >= 0.3 is 0 Å². The Morgan fingerprint density at radius 1 is 1.21 bits per heavy atom. The first-order valence-corrected chi connectivity index (χ1v) is 9.15. The fraction of sp³-hybridized carbons (Fsp3) is 0.286. The van der Waals surface area contributed by atoms with Gasteiger partial charge in [-0.2, -0.15) is 5.10 Å². The third-order valence-electron chi connectivity index (χ3n) is 4.41. The molecule has 0 saturated heterocycles. The van der Waals surface area contributed by atoms with Gasteiger partial charge in [0, 0.05) is 5.69 Å². The number of nitrogens with two attached hydrogens (primary N) is 1. The van der Waals surface area contributed by atoms with Gasteiger partial charge in [0.1, 0.15) is 6.04 Å². The van der Waals surface area contributed by atoms with Gasteiger partial charge in [0.15, 0.2) is 5.82 Å². The first-order valence-electron chi connectivity index (χ1n) is 9.15. The normalized spacial score (nSPS) is 13.1. The van der Waals surface area contributed by atoms with Gasteiger partial charge in [-0.05, 0) is 44.5 Å². The summed E-state index contributed by atoms with van der Waals surface area (Å²) in [4.78, 5) is 16.8. The van der Waals surface area contributed by atoms with E-state index in [0.717, 1.165) is 17.0 Å². The van der Waals surface area contributed by atoms with Crippen LogP contribution in [0.25, 0.3) is 5.82 Å². The van der Waals surface area contributed by atoms with Gasteiger partial charge in [0.2, 0.25) is 5.91 Å². The maximum absolute atomic E-state index is 12.4. The van der Waals surface area contributed by atoms with Crippen LogP contribution in [-0.2, 0) is 16.1 Å². The predicted octanol–water partition coefficient (Wildman–Crippen LogP) is 2.76. The minimum Gasteiger partial charge on any atom is -0.372 e. The van der Waals surface area contributed by atoms with Crippen molar-refractivity contribution < 1.29 is 9.53 Å². The van der Waals surface area contributed by atoms with Crippen molar-refractivity contribution in [3.63, 3.8) is 0 Å². The molecule has 0 unspecified atom stereocenters. The lowest BCUT2D eigenvalue weighted by Crippen LogP contribution is -2.45. The molecule has 2 heterocycles. The SMILES string of the molecule is Cc1cc(C)n(-c2ccc(NC(=O)[C@H](N)[C@H](C)OCc3ccccc3)cn2)n1. The Bertz CT molecular complexity index is 922. The zero-order chi connectivity index (χ0) is 20.1. The monoisotopic (exact) mass is 379 g/mol. The van der Waals surface area contributed by atoms with Gasteiger partial charge < -0.3 is 15.8 Å². The van der Waals surface area contributed by atoms with E-state index in [0.29, 0.717) is 18.1 Å². The highest BCUT2D eigenvalue weighted by Gasteiger charge is 2.22. The average molecular weight is 379 g/mol. The molecule has 2 aromatic heterocycles. The first-order chi connectivity index (χ1) is 13.4. The van der Waals surface area contributed by atoms with Crippen LogP contribution in [0.5, 0.6) is 0 Å². The van der Waals surface area contributed by atoms with E-state index in [1.54, 1.807) is 29.9 Å². The number of ether oxygens (including phenoxy) is 1. The van der Waals surface area contributed by atoms with Crippen molar-refractivity contribution in [2.24, 2.45) is 5.73 Å². The van der Waals surface area contributed by atoms with E-state index in [9.17, 15) is 4.79 Å². The Morgan fingerprint density at radius 3 is 2.57 bits per heavy atom. The van der Waals surface area contributed by atoms with Crippen molar-refractivity contribution in [3.05, 3.63) is 71.7 Å². The van der Waals surface area contributed by atoms with Gasteiger partial charge in [-0.1, -0.05) is 30.3 Å². The van der Waals surface area contributed by atoms with E-state index < -0.39 is 12.1 Å². The Kier molecular flexibility index (Phi) is 6.18. The lowest BCUT2D eigenvalue weighted by Gasteiger charge is -2.20. The Morgan fingerprint density at radius 2 is 1.96 bits per heavy atom. The zero-order valence-electron chi connectivity index (χ0n) is 16.3. The minimum atomic E-state index is -0.792. The number of benzene rings is 1. The van der Waals surface area contributed by atoms with Crippen molar-refractivity contribution in [2.45, 2.75) is 39.5 Å². The molecule has 0 bridgehead atoms. The van der Waals surface area contributed by atoms with E-state index in [2.05, 4.69) is 15.4 Å². The van der Waals surface area contributed by atoms with Crippen LogP contribution in [0.3, 0.4) is 0 Å². The summed E-state index contributed by atoms with van der Waals surface area (Å²) in [6.07, 6.45) is 1.16. The predicted molar refractivity (Wildman–Crippen MR) is 108 cm³/mol. The molecule has 0 aliphatic carbocycles. The third kappa shape index (κ3) is 4.82. The van der Waals surface area contributed by atoms with Crippen LogP contribution in [0, 0.1) is 13.8 Å². The average Bonchev–Trinajstić information content (AvgIpc) is 3.05.